The molecule has 4 unspecified atom stereocenters. The summed E-state index contributed by atoms with van der Waals surface area (Å²) in [6, 6.07) is 12.0. The topological polar surface area (TPSA) is 334 Å². The van der Waals surface area contributed by atoms with E-state index < -0.39 is 23.3 Å². The highest BCUT2D eigenvalue weighted by Crippen LogP contribution is 2.24. The number of nitrogens with two attached hydrogens (primary N) is 5. The number of nitrogens with one attached hydrogen (secondary N) is 1. The van der Waals surface area contributed by atoms with Crippen LogP contribution in [0.1, 0.15) is 149 Å². The number of rotatable bonds is 27. The lowest BCUT2D eigenvalue weighted by Gasteiger charge is -2.21. The summed E-state index contributed by atoms with van der Waals surface area (Å²) in [6.45, 7) is 20.6. The van der Waals surface area contributed by atoms with Crippen LogP contribution in [-0.4, -0.2) is 95.1 Å². The average Bonchev–Trinajstić information content (AvgIpc) is 3.24. The van der Waals surface area contributed by atoms with E-state index in [1.807, 2.05) is 44.2 Å². The number of guanidine groups is 2. The Bertz CT molecular complexity index is 2070. The van der Waals surface area contributed by atoms with Crippen LogP contribution in [0, 0.1) is 31.6 Å². The summed E-state index contributed by atoms with van der Waals surface area (Å²) < 4.78 is 15.6. The molecule has 0 bridgehead atoms. The number of ether oxygens (including phenoxy) is 3. The molecule has 404 valence electrons. The van der Waals surface area contributed by atoms with E-state index >= 15 is 0 Å². The van der Waals surface area contributed by atoms with E-state index in [1.54, 1.807) is 53.7 Å². The van der Waals surface area contributed by atoms with Crippen molar-refractivity contribution in [1.29, 1.82) is 0 Å². The van der Waals surface area contributed by atoms with Crippen molar-refractivity contribution in [2.75, 3.05) is 19.6 Å². The van der Waals surface area contributed by atoms with Crippen LogP contribution in [0.25, 0.3) is 0 Å². The zero-order chi connectivity index (χ0) is 55.2. The molecule has 0 aromatic heterocycles. The number of benzene rings is 2. The van der Waals surface area contributed by atoms with Crippen LogP contribution >= 0.6 is 0 Å². The predicted molar refractivity (Wildman–Crippen MR) is 281 cm³/mol. The van der Waals surface area contributed by atoms with Gasteiger partial charge < -0.3 is 53.3 Å². The Labute approximate surface area is 427 Å². The number of carbonyl (C=O) groups excluding carboxylic acids is 7. The molecule has 2 rings (SSSR count). The van der Waals surface area contributed by atoms with Crippen molar-refractivity contribution in [2.45, 2.75) is 171 Å². The van der Waals surface area contributed by atoms with Crippen LogP contribution in [-0.2, 0) is 56.0 Å². The Kier molecular flexibility index (Phi) is 31.1. The van der Waals surface area contributed by atoms with E-state index in [9.17, 15) is 38.7 Å². The van der Waals surface area contributed by atoms with E-state index in [0.29, 0.717) is 71.0 Å². The van der Waals surface area contributed by atoms with Gasteiger partial charge in [-0.1, -0.05) is 36.8 Å². The Morgan fingerprint density at radius 1 is 0.639 bits per heavy atom. The summed E-state index contributed by atoms with van der Waals surface area (Å²) in [4.78, 5) is 90.6. The summed E-state index contributed by atoms with van der Waals surface area (Å²) in [7, 11) is 0. The summed E-state index contributed by atoms with van der Waals surface area (Å²) in [6.07, 6.45) is 4.63. The van der Waals surface area contributed by atoms with Gasteiger partial charge in [-0.05, 0) is 155 Å². The number of amides is 1. The Balaban J connectivity index is 0.00000109. The second-order valence-electron chi connectivity index (χ2n) is 19.9. The number of alkyl carbamates (subject to hydrolysis) is 1. The van der Waals surface area contributed by atoms with Crippen molar-refractivity contribution in [2.24, 2.45) is 56.4 Å². The monoisotopic (exact) mass is 1010 g/mol. The third-order valence-electron chi connectivity index (χ3n) is 10.8. The number of aliphatic imine (C=N–C) groups is 2. The third kappa shape index (κ3) is 33.3. The number of unbranched alkanes of at least 4 members (excludes halogenated alkanes) is 1. The van der Waals surface area contributed by atoms with Gasteiger partial charge in [-0.25, -0.2) is 4.79 Å². The number of carbonyl (C=O) groups is 7. The highest BCUT2D eigenvalue weighted by molar-refractivity contribution is 5.90. The van der Waals surface area contributed by atoms with Crippen molar-refractivity contribution in [3.05, 3.63) is 64.7 Å². The summed E-state index contributed by atoms with van der Waals surface area (Å²) >= 11 is 0. The maximum atomic E-state index is 12.7. The minimum absolute atomic E-state index is 0.0180. The van der Waals surface area contributed by atoms with Gasteiger partial charge in [-0.15, -0.1) is 0 Å². The first-order valence-electron chi connectivity index (χ1n) is 24.5. The maximum absolute atomic E-state index is 12.7. The second-order valence-corrected chi connectivity index (χ2v) is 19.9. The number of phenols is 1. The van der Waals surface area contributed by atoms with Gasteiger partial charge in [-0.3, -0.25) is 38.8 Å². The molecular weight excluding hydrogens is 925 g/mol. The molecule has 0 saturated heterocycles. The van der Waals surface area contributed by atoms with Crippen molar-refractivity contribution >= 4 is 53.1 Å². The number of hydrogen-bond acceptors (Lipinski definition) is 14. The zero-order valence-electron chi connectivity index (χ0n) is 44.8. The second kappa shape index (κ2) is 34.1. The SMILES string of the molecule is CC(=O)C(CCCCNC(=O)OC(C)(C)C)CC(=O)C(N)Cc1c(C)cc(O)cc1C.CC(=O)C(CCCN=C(N)N)CC(=O)OC(C)(C)C.CC(=O)C(CCCN=C(N)N)CC(=O)OCc1ccccc1. The van der Waals surface area contributed by atoms with Crippen LogP contribution in [0.4, 0.5) is 4.79 Å². The van der Waals surface area contributed by atoms with Gasteiger partial charge in [0.25, 0.3) is 0 Å². The fraction of sp³-hybridized carbons (Fsp3) is 0.604. The number of nitrogens with zero attached hydrogens (tertiary/aromatic N) is 2. The third-order valence-corrected chi connectivity index (χ3v) is 10.8. The van der Waals surface area contributed by atoms with Crippen LogP contribution in [0.2, 0.25) is 0 Å². The highest BCUT2D eigenvalue weighted by atomic mass is 16.6. The molecule has 0 spiro atoms. The van der Waals surface area contributed by atoms with Gasteiger partial charge in [0.1, 0.15) is 40.9 Å². The van der Waals surface area contributed by atoms with E-state index in [1.165, 1.54) is 20.8 Å². The standard InChI is InChI=1S/C24H38N2O5.C16H23N3O3.C13H25N3O3/c1-15-11-19(28)12-16(2)20(15)14-21(25)22(29)13-18(17(3)27)9-7-8-10-26-23(30)31-24(4,5)6;1-12(20)14(8-5-9-19-16(17)18)10-15(21)22-11-13-6-3-2-4-7-13;1-9(17)10(6-5-7-16-12(14)15)8-11(18)19-13(2,3)4/h11-12,18,21,28H,7-10,13-14,25H2,1-6H3,(H,26,30);2-4,6-7,14H,5,8-11H2,1H3,(H4,17,18,19);10H,5-8H2,1-4H3,(H4,14,15,16). The lowest BCUT2D eigenvalue weighted by atomic mass is 9.88. The Morgan fingerprint density at radius 3 is 1.53 bits per heavy atom. The zero-order valence-corrected chi connectivity index (χ0v) is 44.8. The normalized spacial score (nSPS) is 12.6. The first-order chi connectivity index (χ1) is 33.4. The van der Waals surface area contributed by atoms with Gasteiger partial charge in [0.15, 0.2) is 17.7 Å². The molecular formula is C53H86N8O11. The van der Waals surface area contributed by atoms with Gasteiger partial charge in [0, 0.05) is 43.8 Å². The minimum atomic E-state index is -0.697. The molecule has 72 heavy (non-hydrogen) atoms. The molecule has 0 radical (unpaired) electrons. The van der Waals surface area contributed by atoms with Crippen LogP contribution < -0.4 is 34.0 Å². The summed E-state index contributed by atoms with van der Waals surface area (Å²) in [5, 5.41) is 12.4. The quantitative estimate of drug-likeness (QED) is 0.0175. The van der Waals surface area contributed by atoms with Crippen molar-refractivity contribution in [3.8, 4) is 5.75 Å². The van der Waals surface area contributed by atoms with E-state index in [0.717, 1.165) is 22.3 Å². The van der Waals surface area contributed by atoms with E-state index in [-0.39, 0.29) is 96.4 Å². The van der Waals surface area contributed by atoms with Crippen LogP contribution in [0.15, 0.2) is 52.4 Å². The summed E-state index contributed by atoms with van der Waals surface area (Å²) in [5.41, 5.74) is 29.6. The van der Waals surface area contributed by atoms with E-state index in [4.69, 9.17) is 42.9 Å². The molecule has 19 heteroatoms. The molecule has 4 atom stereocenters. The molecule has 2 aromatic rings. The van der Waals surface area contributed by atoms with Crippen molar-refractivity contribution in [1.82, 2.24) is 5.32 Å². The largest absolute Gasteiger partial charge is 0.508 e. The number of phenolic OH excluding ortho intramolecular Hbond substituents is 1. The lowest BCUT2D eigenvalue weighted by molar-refractivity contribution is -0.157. The first-order valence-corrected chi connectivity index (χ1v) is 24.5. The Morgan fingerprint density at radius 2 is 1.08 bits per heavy atom. The minimum Gasteiger partial charge on any atom is -0.508 e. The van der Waals surface area contributed by atoms with Gasteiger partial charge >= 0.3 is 18.0 Å². The number of hydrogen-bond donors (Lipinski definition) is 7. The molecule has 0 aliphatic carbocycles. The maximum Gasteiger partial charge on any atom is 0.407 e. The molecule has 19 nitrogen and oxygen atoms in total. The van der Waals surface area contributed by atoms with Gasteiger partial charge in [-0.2, -0.15) is 0 Å². The molecule has 2 aromatic carbocycles. The number of esters is 2. The fourth-order valence-electron chi connectivity index (χ4n) is 7.06. The van der Waals surface area contributed by atoms with Gasteiger partial charge in [0.05, 0.1) is 18.9 Å². The Hall–Kier alpha value is -6.37. The first kappa shape index (κ1) is 65.6. The van der Waals surface area contributed by atoms with Crippen molar-refractivity contribution in [3.63, 3.8) is 0 Å². The molecule has 0 saturated carbocycles. The lowest BCUT2D eigenvalue weighted by Crippen LogP contribution is -2.35. The number of ketones is 4. The van der Waals surface area contributed by atoms with Gasteiger partial charge in [0.2, 0.25) is 0 Å². The number of Topliss-reactive ketones (excluding diaryl/α,β-unsaturated/α-hetero) is 4. The van der Waals surface area contributed by atoms with E-state index in [2.05, 4.69) is 15.3 Å². The molecule has 0 aliphatic rings. The average molecular weight is 1010 g/mol. The highest BCUT2D eigenvalue weighted by Gasteiger charge is 2.25. The van der Waals surface area contributed by atoms with Crippen LogP contribution in [0.5, 0.6) is 5.75 Å². The number of aromatic hydroxyl groups is 1. The molecule has 12 N–H and O–H groups in total. The number of aryl methyl sites for hydroxylation is 2. The predicted octanol–water partition coefficient (Wildman–Crippen LogP) is 6.09. The smallest absolute Gasteiger partial charge is 0.407 e. The molecule has 0 heterocycles. The fourth-order valence-corrected chi connectivity index (χ4v) is 7.06. The van der Waals surface area contributed by atoms with Crippen molar-refractivity contribution < 1.29 is 52.9 Å². The molecule has 1 amide bonds. The molecule has 0 aliphatic heterocycles. The summed E-state index contributed by atoms with van der Waals surface area (Å²) in [5.74, 6) is -1.73. The van der Waals surface area contributed by atoms with Crippen LogP contribution in [0.3, 0.4) is 0 Å². The molecule has 0 fully saturated rings.